The number of benzene rings is 1. The molecule has 0 amide bonds. The van der Waals surface area contributed by atoms with Gasteiger partial charge in [-0.2, -0.15) is 0 Å². The third-order valence-corrected chi connectivity index (χ3v) is 4.93. The lowest BCUT2D eigenvalue weighted by Crippen LogP contribution is -2.34. The zero-order chi connectivity index (χ0) is 18.8. The number of nitrogens with one attached hydrogen (secondary N) is 1. The Morgan fingerprint density at radius 2 is 1.92 bits per heavy atom. The van der Waals surface area contributed by atoms with Gasteiger partial charge in [-0.15, -0.1) is 0 Å². The van der Waals surface area contributed by atoms with E-state index in [2.05, 4.69) is 5.32 Å². The summed E-state index contributed by atoms with van der Waals surface area (Å²) >= 11 is 0. The van der Waals surface area contributed by atoms with Crippen LogP contribution in [-0.4, -0.2) is 33.1 Å². The number of rotatable bonds is 4. The maximum absolute atomic E-state index is 12.8. The summed E-state index contributed by atoms with van der Waals surface area (Å²) in [5, 5.41) is 3.25. The van der Waals surface area contributed by atoms with Gasteiger partial charge in [0.05, 0.1) is 32.8 Å². The van der Waals surface area contributed by atoms with E-state index in [9.17, 15) is 9.59 Å². The number of Topliss-reactive ketones (excluding diaryl/α,β-unsaturated/α-hetero) is 1. The van der Waals surface area contributed by atoms with Crippen molar-refractivity contribution >= 4 is 11.8 Å². The summed E-state index contributed by atoms with van der Waals surface area (Å²) in [7, 11) is 4.49. The topological polar surface area (TPSA) is 73.9 Å². The highest BCUT2D eigenvalue weighted by Crippen LogP contribution is 2.46. The predicted molar refractivity (Wildman–Crippen MR) is 96.0 cm³/mol. The Labute approximate surface area is 152 Å². The van der Waals surface area contributed by atoms with E-state index in [1.165, 1.54) is 7.11 Å². The minimum absolute atomic E-state index is 0.0440. The molecule has 0 spiro atoms. The molecule has 1 N–H and O–H groups in total. The van der Waals surface area contributed by atoms with E-state index in [-0.39, 0.29) is 5.78 Å². The summed E-state index contributed by atoms with van der Waals surface area (Å²) in [6.07, 6.45) is 2.04. The fraction of sp³-hybridized carbons (Fsp3) is 0.400. The average molecular weight is 357 g/mol. The number of carbonyl (C=O) groups excluding carboxylic acids is 2. The second-order valence-corrected chi connectivity index (χ2v) is 6.37. The van der Waals surface area contributed by atoms with E-state index in [1.807, 2.05) is 13.0 Å². The number of esters is 1. The lowest BCUT2D eigenvalue weighted by Gasteiger charge is -2.34. The molecular weight excluding hydrogens is 334 g/mol. The van der Waals surface area contributed by atoms with Crippen LogP contribution in [0.4, 0.5) is 0 Å². The minimum Gasteiger partial charge on any atom is -0.497 e. The van der Waals surface area contributed by atoms with Crippen LogP contribution in [0, 0.1) is 0 Å². The quantitative estimate of drug-likeness (QED) is 0.836. The van der Waals surface area contributed by atoms with Crippen LogP contribution in [0.3, 0.4) is 0 Å². The first-order chi connectivity index (χ1) is 12.5. The monoisotopic (exact) mass is 357 g/mol. The third-order valence-electron chi connectivity index (χ3n) is 4.93. The highest BCUT2D eigenvalue weighted by Gasteiger charge is 2.40. The highest BCUT2D eigenvalue weighted by atomic mass is 16.5. The maximum Gasteiger partial charge on any atom is 0.336 e. The SMILES string of the molecule is COC(=O)C1=C(C)NC2=C(C(=O)CCC2)C1c1cc(OC)ccc1OC. The first kappa shape index (κ1) is 18.0. The molecule has 26 heavy (non-hydrogen) atoms. The molecule has 0 aromatic heterocycles. The number of ketones is 1. The van der Waals surface area contributed by atoms with Gasteiger partial charge in [-0.3, -0.25) is 4.79 Å². The van der Waals surface area contributed by atoms with Gasteiger partial charge in [-0.25, -0.2) is 4.79 Å². The fourth-order valence-electron chi connectivity index (χ4n) is 3.74. The molecule has 2 aliphatic rings. The van der Waals surface area contributed by atoms with Crippen LogP contribution in [0.2, 0.25) is 0 Å². The van der Waals surface area contributed by atoms with Crippen molar-refractivity contribution in [2.24, 2.45) is 0 Å². The molecule has 138 valence electrons. The first-order valence-electron chi connectivity index (χ1n) is 8.56. The molecule has 1 aromatic carbocycles. The Morgan fingerprint density at radius 3 is 2.58 bits per heavy atom. The fourth-order valence-corrected chi connectivity index (χ4v) is 3.74. The van der Waals surface area contributed by atoms with Crippen molar-refractivity contribution in [3.05, 3.63) is 46.3 Å². The Hall–Kier alpha value is -2.76. The summed E-state index contributed by atoms with van der Waals surface area (Å²) in [5.41, 5.74) is 3.33. The number of hydrogen-bond donors (Lipinski definition) is 1. The molecule has 0 radical (unpaired) electrons. The molecule has 6 heteroatoms. The third kappa shape index (κ3) is 2.96. The number of methoxy groups -OCH3 is 3. The van der Waals surface area contributed by atoms with Crippen LogP contribution in [0.25, 0.3) is 0 Å². The largest absolute Gasteiger partial charge is 0.497 e. The van der Waals surface area contributed by atoms with Crippen molar-refractivity contribution in [1.82, 2.24) is 5.32 Å². The smallest absolute Gasteiger partial charge is 0.336 e. The second-order valence-electron chi connectivity index (χ2n) is 6.37. The van der Waals surface area contributed by atoms with Crippen LogP contribution < -0.4 is 14.8 Å². The van der Waals surface area contributed by atoms with Crippen molar-refractivity contribution in [1.29, 1.82) is 0 Å². The van der Waals surface area contributed by atoms with Crippen LogP contribution in [-0.2, 0) is 14.3 Å². The molecule has 0 saturated heterocycles. The lowest BCUT2D eigenvalue weighted by molar-refractivity contribution is -0.136. The van der Waals surface area contributed by atoms with Crippen molar-refractivity contribution < 1.29 is 23.8 Å². The molecule has 0 saturated carbocycles. The summed E-state index contributed by atoms with van der Waals surface area (Å²) < 4.78 is 15.9. The average Bonchev–Trinajstić information content (AvgIpc) is 2.66. The normalized spacial score (nSPS) is 19.7. The van der Waals surface area contributed by atoms with Gasteiger partial charge in [-0.05, 0) is 38.0 Å². The molecule has 0 fully saturated rings. The Morgan fingerprint density at radius 1 is 1.15 bits per heavy atom. The lowest BCUT2D eigenvalue weighted by atomic mass is 9.75. The van der Waals surface area contributed by atoms with E-state index in [4.69, 9.17) is 14.2 Å². The van der Waals surface area contributed by atoms with Crippen LogP contribution in [0.5, 0.6) is 11.5 Å². The number of carbonyl (C=O) groups is 2. The molecular formula is C20H23NO5. The summed E-state index contributed by atoms with van der Waals surface area (Å²) in [5.74, 6) is 0.262. The van der Waals surface area contributed by atoms with E-state index in [1.54, 1.807) is 26.4 Å². The number of allylic oxidation sites excluding steroid dienone is 3. The van der Waals surface area contributed by atoms with Crippen LogP contribution >= 0.6 is 0 Å². The number of ether oxygens (including phenoxy) is 3. The molecule has 1 atom stereocenters. The van der Waals surface area contributed by atoms with Crippen molar-refractivity contribution in [3.8, 4) is 11.5 Å². The van der Waals surface area contributed by atoms with Gasteiger partial charge >= 0.3 is 5.97 Å². The Bertz CT molecular complexity index is 821. The standard InChI is InChI=1S/C20H23NO5/c1-11-17(20(23)26-4)18(19-14(21-11)6-5-7-15(19)22)13-10-12(24-2)8-9-16(13)25-3/h8-10,18,21H,5-7H2,1-4H3. The van der Waals surface area contributed by atoms with Crippen molar-refractivity contribution in [2.75, 3.05) is 21.3 Å². The summed E-state index contributed by atoms with van der Waals surface area (Å²) in [6.45, 7) is 1.83. The summed E-state index contributed by atoms with van der Waals surface area (Å²) in [6, 6.07) is 5.39. The van der Waals surface area contributed by atoms with Crippen molar-refractivity contribution in [2.45, 2.75) is 32.1 Å². The zero-order valence-corrected chi connectivity index (χ0v) is 15.5. The molecule has 1 aromatic rings. The molecule has 6 nitrogen and oxygen atoms in total. The molecule has 1 aliphatic carbocycles. The summed E-state index contributed by atoms with van der Waals surface area (Å²) in [4.78, 5) is 25.4. The van der Waals surface area contributed by atoms with Crippen molar-refractivity contribution in [3.63, 3.8) is 0 Å². The molecule has 0 bridgehead atoms. The van der Waals surface area contributed by atoms with Gasteiger partial charge in [0.2, 0.25) is 0 Å². The van der Waals surface area contributed by atoms with E-state index in [0.29, 0.717) is 34.8 Å². The van der Waals surface area contributed by atoms with E-state index < -0.39 is 11.9 Å². The first-order valence-corrected chi connectivity index (χ1v) is 8.56. The van der Waals surface area contributed by atoms with Gasteiger partial charge in [0, 0.05) is 29.0 Å². The molecule has 1 heterocycles. The molecule has 1 unspecified atom stereocenters. The van der Waals surface area contributed by atoms with E-state index in [0.717, 1.165) is 24.1 Å². The Kier molecular flexibility index (Phi) is 5.02. The van der Waals surface area contributed by atoms with Gasteiger partial charge in [0.25, 0.3) is 0 Å². The molecule has 3 rings (SSSR count). The Balaban J connectivity index is 2.27. The predicted octanol–water partition coefficient (Wildman–Crippen LogP) is 2.84. The van der Waals surface area contributed by atoms with Crippen LogP contribution in [0.15, 0.2) is 40.7 Å². The van der Waals surface area contributed by atoms with Gasteiger partial charge < -0.3 is 19.5 Å². The zero-order valence-electron chi connectivity index (χ0n) is 15.5. The second kappa shape index (κ2) is 7.23. The van der Waals surface area contributed by atoms with Gasteiger partial charge in [-0.1, -0.05) is 0 Å². The van der Waals surface area contributed by atoms with Gasteiger partial charge in [0.15, 0.2) is 5.78 Å². The minimum atomic E-state index is -0.545. The number of hydrogen-bond acceptors (Lipinski definition) is 6. The maximum atomic E-state index is 12.8. The highest BCUT2D eigenvalue weighted by molar-refractivity contribution is 6.04. The van der Waals surface area contributed by atoms with Gasteiger partial charge in [0.1, 0.15) is 11.5 Å². The molecule has 1 aliphatic heterocycles. The number of dihydropyridines is 1. The van der Waals surface area contributed by atoms with E-state index >= 15 is 0 Å². The van der Waals surface area contributed by atoms with Crippen LogP contribution in [0.1, 0.15) is 37.7 Å².